The molecular weight excluding hydrogens is 913 g/mol. The van der Waals surface area contributed by atoms with Gasteiger partial charge in [-0.2, -0.15) is 0 Å². The monoisotopic (exact) mass is 976 g/mol. The fourth-order valence-corrected chi connectivity index (χ4v) is 11.1. The quantitative estimate of drug-likeness (QED) is 0.0708. The second-order valence-corrected chi connectivity index (χ2v) is 19.8. The van der Waals surface area contributed by atoms with Gasteiger partial charge in [0, 0.05) is 69.1 Å². The molecular formula is C66H64N4O4. The Morgan fingerprint density at radius 2 is 0.662 bits per heavy atom. The highest BCUT2D eigenvalue weighted by molar-refractivity contribution is 6.36. The van der Waals surface area contributed by atoms with E-state index >= 15 is 19.2 Å². The summed E-state index contributed by atoms with van der Waals surface area (Å²) in [6.07, 6.45) is 7.36. The lowest BCUT2D eigenvalue weighted by Crippen LogP contribution is -2.46. The molecule has 8 aromatic carbocycles. The molecule has 372 valence electrons. The topological polar surface area (TPSA) is 81.2 Å². The van der Waals surface area contributed by atoms with Crippen molar-refractivity contribution in [2.45, 2.75) is 79.1 Å². The molecule has 8 nitrogen and oxygen atoms in total. The third kappa shape index (κ3) is 9.41. The number of benzene rings is 8. The van der Waals surface area contributed by atoms with Crippen molar-refractivity contribution < 1.29 is 19.2 Å². The Kier molecular flexibility index (Phi) is 14.7. The third-order valence-corrected chi connectivity index (χ3v) is 15.2. The molecule has 8 aromatic rings. The zero-order chi connectivity index (χ0) is 51.3. The van der Waals surface area contributed by atoms with E-state index in [9.17, 15) is 0 Å². The molecule has 0 bridgehead atoms. The van der Waals surface area contributed by atoms with Crippen molar-refractivity contribution in [2.75, 3.05) is 22.9 Å². The normalized spacial score (nSPS) is 13.9. The summed E-state index contributed by atoms with van der Waals surface area (Å²) in [4.78, 5) is 69.0. The van der Waals surface area contributed by atoms with E-state index in [0.717, 1.165) is 96.6 Å². The smallest absolute Gasteiger partial charge is 0.262 e. The molecule has 8 heteroatoms. The van der Waals surface area contributed by atoms with Crippen LogP contribution in [0.4, 0.5) is 34.1 Å². The van der Waals surface area contributed by atoms with Crippen LogP contribution >= 0.6 is 0 Å². The van der Waals surface area contributed by atoms with Gasteiger partial charge in [0.25, 0.3) is 23.6 Å². The van der Waals surface area contributed by atoms with Crippen LogP contribution in [-0.4, -0.2) is 46.5 Å². The van der Waals surface area contributed by atoms with Gasteiger partial charge in [0.2, 0.25) is 0 Å². The van der Waals surface area contributed by atoms with Crippen LogP contribution in [0.3, 0.4) is 0 Å². The van der Waals surface area contributed by atoms with E-state index in [0.29, 0.717) is 44.2 Å². The lowest BCUT2D eigenvalue weighted by Gasteiger charge is -2.36. The van der Waals surface area contributed by atoms with Gasteiger partial charge in [0.05, 0.1) is 11.1 Å². The van der Waals surface area contributed by atoms with Gasteiger partial charge in [-0.25, -0.2) is 0 Å². The zero-order valence-corrected chi connectivity index (χ0v) is 43.0. The fraction of sp³-hybridized carbons (Fsp3) is 0.242. The van der Waals surface area contributed by atoms with Gasteiger partial charge in [-0.3, -0.25) is 29.0 Å². The van der Waals surface area contributed by atoms with Crippen molar-refractivity contribution >= 4 is 68.5 Å². The molecule has 0 radical (unpaired) electrons. The molecule has 2 unspecified atom stereocenters. The minimum absolute atomic E-state index is 0.0992. The lowest BCUT2D eigenvalue weighted by molar-refractivity contribution is 0.0559. The summed E-state index contributed by atoms with van der Waals surface area (Å²) in [6.45, 7) is 9.08. The summed E-state index contributed by atoms with van der Waals surface area (Å²) in [5.41, 5.74) is 9.65. The Bertz CT molecular complexity index is 3000. The number of hydrogen-bond acceptors (Lipinski definition) is 6. The predicted octanol–water partition coefficient (Wildman–Crippen LogP) is 16.7. The Morgan fingerprint density at radius 3 is 0.946 bits per heavy atom. The first-order chi connectivity index (χ1) is 36.2. The number of carbonyl (C=O) groups is 4. The fourth-order valence-electron chi connectivity index (χ4n) is 11.1. The summed E-state index contributed by atoms with van der Waals surface area (Å²) in [5, 5.41) is 0.748. The second kappa shape index (κ2) is 21.9. The molecule has 0 N–H and O–H groups in total. The van der Waals surface area contributed by atoms with E-state index in [-0.39, 0.29) is 24.9 Å². The Morgan fingerprint density at radius 1 is 0.365 bits per heavy atom. The van der Waals surface area contributed by atoms with Crippen molar-refractivity contribution in [3.8, 4) is 22.3 Å². The van der Waals surface area contributed by atoms with Crippen molar-refractivity contribution in [1.82, 2.24) is 9.80 Å². The first-order valence-corrected chi connectivity index (χ1v) is 26.7. The lowest BCUT2D eigenvalue weighted by atomic mass is 9.78. The largest absolute Gasteiger partial charge is 0.311 e. The molecule has 0 aliphatic carbocycles. The molecule has 0 saturated carbocycles. The van der Waals surface area contributed by atoms with Crippen LogP contribution in [-0.2, 0) is 0 Å². The Hall–Kier alpha value is -8.10. The predicted molar refractivity (Wildman–Crippen MR) is 302 cm³/mol. The first-order valence-electron chi connectivity index (χ1n) is 26.7. The molecule has 10 rings (SSSR count). The zero-order valence-electron chi connectivity index (χ0n) is 43.0. The van der Waals surface area contributed by atoms with Crippen LogP contribution in [0.15, 0.2) is 182 Å². The third-order valence-electron chi connectivity index (χ3n) is 15.2. The second-order valence-electron chi connectivity index (χ2n) is 19.8. The van der Waals surface area contributed by atoms with Crippen molar-refractivity contribution in [2.24, 2.45) is 11.8 Å². The number of anilines is 6. The van der Waals surface area contributed by atoms with Crippen LogP contribution in [0.1, 0.15) is 120 Å². The number of amides is 4. The molecule has 4 amide bonds. The maximum Gasteiger partial charge on any atom is 0.262 e. The van der Waals surface area contributed by atoms with Gasteiger partial charge < -0.3 is 9.80 Å². The van der Waals surface area contributed by atoms with Crippen LogP contribution in [0.5, 0.6) is 0 Å². The number of hydrogen-bond donors (Lipinski definition) is 0. The van der Waals surface area contributed by atoms with Crippen molar-refractivity contribution in [3.05, 3.63) is 204 Å². The van der Waals surface area contributed by atoms with E-state index in [1.165, 1.54) is 9.80 Å². The minimum atomic E-state index is -0.408. The average Bonchev–Trinajstić information content (AvgIpc) is 3.45. The maximum atomic E-state index is 15.5. The number of nitrogens with zero attached hydrogens (tertiary/aromatic N) is 4. The molecule has 0 aromatic heterocycles. The molecule has 2 atom stereocenters. The number of rotatable bonds is 20. The molecule has 2 heterocycles. The van der Waals surface area contributed by atoms with Gasteiger partial charge in [0.1, 0.15) is 0 Å². The number of imide groups is 2. The van der Waals surface area contributed by atoms with Crippen LogP contribution in [0.25, 0.3) is 33.0 Å². The summed E-state index contributed by atoms with van der Waals surface area (Å²) in [5.74, 6) is -1.43. The number of para-hydroxylation sites is 4. The summed E-state index contributed by atoms with van der Waals surface area (Å²) in [7, 11) is 0. The molecule has 2 aliphatic heterocycles. The highest BCUT2D eigenvalue weighted by Crippen LogP contribution is 2.48. The molecule has 0 fully saturated rings. The molecule has 0 spiro atoms. The molecule has 74 heavy (non-hydrogen) atoms. The summed E-state index contributed by atoms with van der Waals surface area (Å²) < 4.78 is 0. The Labute approximate surface area is 435 Å². The van der Waals surface area contributed by atoms with Crippen molar-refractivity contribution in [1.29, 1.82) is 0 Å². The van der Waals surface area contributed by atoms with E-state index in [1.54, 1.807) is 0 Å². The van der Waals surface area contributed by atoms with Gasteiger partial charge in [-0.15, -0.1) is 0 Å². The number of unbranched alkanes of at least 4 members (excludes halogenated alkanes) is 2. The summed E-state index contributed by atoms with van der Waals surface area (Å²) in [6, 6.07) is 60.6. The average molecular weight is 977 g/mol. The van der Waals surface area contributed by atoms with Gasteiger partial charge in [-0.1, -0.05) is 163 Å². The Balaban J connectivity index is 1.19. The standard InChI is InChI=1S/C66H64N4O4/c1-5-9-23-45(7-3)43-67-63(71)57-41-56(48-35-39-54(40-36-48)70(51-29-19-13-20-30-51)52-31-21-14-22-32-52)62-60-58(64(72)68(66(62)74)44-46(8-4)24-10-6-2)42-55(61(59(57)60)65(67)73)47-33-37-53(38-34-47)69(49-25-15-11-16-26-49)50-27-17-12-18-28-50/h11-22,25-42,45-46H,5-10,23-24,43-44H2,1-4H3. The van der Waals surface area contributed by atoms with E-state index in [1.807, 2.05) is 133 Å². The highest BCUT2D eigenvalue weighted by Gasteiger charge is 2.44. The number of carbonyl (C=O) groups excluding carboxylic acids is 4. The summed E-state index contributed by atoms with van der Waals surface area (Å²) >= 11 is 0. The van der Waals surface area contributed by atoms with E-state index in [2.05, 4.69) is 86.0 Å². The van der Waals surface area contributed by atoms with Gasteiger partial charge >= 0.3 is 0 Å². The maximum absolute atomic E-state index is 15.5. The van der Waals surface area contributed by atoms with Crippen LogP contribution in [0, 0.1) is 11.8 Å². The van der Waals surface area contributed by atoms with Gasteiger partial charge in [-0.05, 0) is 132 Å². The highest BCUT2D eigenvalue weighted by atomic mass is 16.2. The van der Waals surface area contributed by atoms with E-state index < -0.39 is 23.6 Å². The van der Waals surface area contributed by atoms with Crippen LogP contribution < -0.4 is 9.80 Å². The van der Waals surface area contributed by atoms with Crippen molar-refractivity contribution in [3.63, 3.8) is 0 Å². The van der Waals surface area contributed by atoms with Crippen LogP contribution in [0.2, 0.25) is 0 Å². The minimum Gasteiger partial charge on any atom is -0.311 e. The van der Waals surface area contributed by atoms with E-state index in [4.69, 9.17) is 0 Å². The molecule has 2 aliphatic rings. The SMILES string of the molecule is CCCCC(CC)CN1C(=O)c2cc(-c3ccc(N(c4ccccc4)c4ccccc4)cc3)c3c4c(cc(-c5ccc(N(c6ccccc6)c6ccccc6)cc5)c(c24)C1=O)C(=O)N(CC(CC)CCCC)C3=O. The molecule has 0 saturated heterocycles. The van der Waals surface area contributed by atoms with Gasteiger partial charge in [0.15, 0.2) is 0 Å². The first kappa shape index (κ1) is 49.5.